The summed E-state index contributed by atoms with van der Waals surface area (Å²) in [5.74, 6) is -0.785. The summed E-state index contributed by atoms with van der Waals surface area (Å²) in [7, 11) is 0. The number of para-hydroxylation sites is 1. The molecule has 4 rings (SSSR count). The summed E-state index contributed by atoms with van der Waals surface area (Å²) >= 11 is 0. The summed E-state index contributed by atoms with van der Waals surface area (Å²) in [4.78, 5) is 31.1. The van der Waals surface area contributed by atoms with Gasteiger partial charge in [-0.3, -0.25) is 4.79 Å². The third-order valence-corrected chi connectivity index (χ3v) is 6.06. The van der Waals surface area contributed by atoms with Crippen LogP contribution >= 0.6 is 0 Å². The average molecular weight is 456 g/mol. The van der Waals surface area contributed by atoms with Gasteiger partial charge in [0.25, 0.3) is 5.56 Å². The highest BCUT2D eigenvalue weighted by Gasteiger charge is 2.28. The van der Waals surface area contributed by atoms with Gasteiger partial charge in [-0.1, -0.05) is 25.1 Å². The number of aryl methyl sites for hydroxylation is 1. The lowest BCUT2D eigenvalue weighted by Crippen LogP contribution is -2.32. The van der Waals surface area contributed by atoms with E-state index < -0.39 is 24.1 Å². The fourth-order valence-electron chi connectivity index (χ4n) is 4.42. The van der Waals surface area contributed by atoms with Gasteiger partial charge in [-0.25, -0.2) is 14.3 Å². The maximum atomic E-state index is 14.0. The molecule has 0 bridgehead atoms. The summed E-state index contributed by atoms with van der Waals surface area (Å²) in [5.41, 5.74) is 1.44. The molecule has 2 atom stereocenters. The Labute approximate surface area is 189 Å². The first-order valence-corrected chi connectivity index (χ1v) is 10.9. The van der Waals surface area contributed by atoms with Crippen LogP contribution in [0.15, 0.2) is 41.2 Å². The Morgan fingerprint density at radius 3 is 2.64 bits per heavy atom. The number of fused-ring (bicyclic) bond motifs is 1. The average Bonchev–Trinajstić information content (AvgIpc) is 3.19. The fourth-order valence-corrected chi connectivity index (χ4v) is 4.42. The lowest BCUT2D eigenvalue weighted by atomic mass is 10.0. The van der Waals surface area contributed by atoms with E-state index in [0.29, 0.717) is 40.3 Å². The number of carbonyl (C=O) groups is 1. The summed E-state index contributed by atoms with van der Waals surface area (Å²) in [6, 6.07) is 9.50. The largest absolute Gasteiger partial charge is 0.478 e. The Morgan fingerprint density at radius 2 is 2.00 bits per heavy atom. The van der Waals surface area contributed by atoms with Gasteiger partial charge in [0.05, 0.1) is 22.5 Å². The zero-order chi connectivity index (χ0) is 23.9. The van der Waals surface area contributed by atoms with Gasteiger partial charge in [0.1, 0.15) is 0 Å². The van der Waals surface area contributed by atoms with Crippen LogP contribution in [0.5, 0.6) is 0 Å². The van der Waals surface area contributed by atoms with E-state index in [0.717, 1.165) is 12.0 Å². The number of halogens is 2. The van der Waals surface area contributed by atoms with Crippen molar-refractivity contribution in [3.8, 4) is 0 Å². The SMILES string of the molecule is Cc1cc(C(C)Nc2ccccc2C(=O)O)c2nc(N3CCC(C)C3)n(C(F)F)c(=O)c2c1. The smallest absolute Gasteiger partial charge is 0.337 e. The third kappa shape index (κ3) is 4.27. The highest BCUT2D eigenvalue weighted by atomic mass is 19.3. The zero-order valence-electron chi connectivity index (χ0n) is 18.7. The Hall–Kier alpha value is -3.49. The van der Waals surface area contributed by atoms with Crippen LogP contribution in [0.4, 0.5) is 20.4 Å². The molecule has 0 spiro atoms. The predicted molar refractivity (Wildman–Crippen MR) is 123 cm³/mol. The molecule has 1 aromatic heterocycles. The highest BCUT2D eigenvalue weighted by Crippen LogP contribution is 2.31. The molecule has 0 amide bonds. The molecule has 1 fully saturated rings. The van der Waals surface area contributed by atoms with Crippen molar-refractivity contribution >= 4 is 28.5 Å². The topological polar surface area (TPSA) is 87.5 Å². The summed E-state index contributed by atoms with van der Waals surface area (Å²) in [6.45, 7) is 3.72. The number of rotatable bonds is 6. The monoisotopic (exact) mass is 456 g/mol. The van der Waals surface area contributed by atoms with Crippen molar-refractivity contribution < 1.29 is 18.7 Å². The Kier molecular flexibility index (Phi) is 6.05. The first kappa shape index (κ1) is 22.7. The number of benzene rings is 2. The molecule has 174 valence electrons. The summed E-state index contributed by atoms with van der Waals surface area (Å²) in [6.07, 6.45) is 0.835. The maximum absolute atomic E-state index is 14.0. The summed E-state index contributed by atoms with van der Waals surface area (Å²) in [5, 5.41) is 12.8. The van der Waals surface area contributed by atoms with Crippen molar-refractivity contribution in [1.29, 1.82) is 0 Å². The van der Waals surface area contributed by atoms with Crippen molar-refractivity contribution in [2.45, 2.75) is 39.8 Å². The molecule has 1 aliphatic rings. The van der Waals surface area contributed by atoms with Crippen molar-refractivity contribution in [3.05, 3.63) is 63.4 Å². The fraction of sp³-hybridized carbons (Fsp3) is 0.375. The lowest BCUT2D eigenvalue weighted by molar-refractivity contribution is 0.0671. The highest BCUT2D eigenvalue weighted by molar-refractivity contribution is 5.94. The molecule has 7 nitrogen and oxygen atoms in total. The van der Waals surface area contributed by atoms with Crippen molar-refractivity contribution in [3.63, 3.8) is 0 Å². The van der Waals surface area contributed by atoms with Crippen LogP contribution < -0.4 is 15.8 Å². The summed E-state index contributed by atoms with van der Waals surface area (Å²) < 4.78 is 28.4. The van der Waals surface area contributed by atoms with Crippen LogP contribution in [0.3, 0.4) is 0 Å². The van der Waals surface area contributed by atoms with Crippen molar-refractivity contribution in [1.82, 2.24) is 9.55 Å². The first-order chi connectivity index (χ1) is 15.7. The lowest BCUT2D eigenvalue weighted by Gasteiger charge is -2.24. The number of aromatic nitrogens is 2. The van der Waals surface area contributed by atoms with E-state index in [2.05, 4.69) is 10.3 Å². The number of nitrogens with one attached hydrogen (secondary N) is 1. The Morgan fingerprint density at radius 1 is 1.27 bits per heavy atom. The van der Waals surface area contributed by atoms with E-state index in [1.54, 1.807) is 36.1 Å². The second kappa shape index (κ2) is 8.80. The van der Waals surface area contributed by atoms with E-state index in [1.165, 1.54) is 6.07 Å². The molecule has 1 aliphatic heterocycles. The van der Waals surface area contributed by atoms with Crippen molar-refractivity contribution in [2.24, 2.45) is 5.92 Å². The molecular formula is C24H26F2N4O3. The quantitative estimate of drug-likeness (QED) is 0.553. The van der Waals surface area contributed by atoms with Gasteiger partial charge in [0.2, 0.25) is 5.95 Å². The van der Waals surface area contributed by atoms with Gasteiger partial charge in [-0.05, 0) is 49.9 Å². The predicted octanol–water partition coefficient (Wildman–Crippen LogP) is 4.82. The van der Waals surface area contributed by atoms with E-state index in [4.69, 9.17) is 0 Å². The van der Waals surface area contributed by atoms with Crippen LogP contribution in [-0.2, 0) is 0 Å². The standard InChI is InChI=1S/C24H26F2N4O3/c1-13-8-9-29(12-13)24-28-20-17(10-14(2)11-18(20)21(31)30(24)23(25)26)15(3)27-19-7-5-4-6-16(19)22(32)33/h4-7,10-11,13,15,23,27H,8-9,12H2,1-3H3,(H,32,33). The van der Waals surface area contributed by atoms with Gasteiger partial charge < -0.3 is 15.3 Å². The van der Waals surface area contributed by atoms with E-state index in [9.17, 15) is 23.5 Å². The molecule has 0 radical (unpaired) electrons. The number of alkyl halides is 2. The van der Waals surface area contributed by atoms with Crippen molar-refractivity contribution in [2.75, 3.05) is 23.3 Å². The van der Waals surface area contributed by atoms with Crippen LogP contribution in [0, 0.1) is 12.8 Å². The molecule has 33 heavy (non-hydrogen) atoms. The number of carboxylic acid groups (broad SMARTS) is 1. The third-order valence-electron chi connectivity index (χ3n) is 6.06. The van der Waals surface area contributed by atoms with Crippen LogP contribution in [0.1, 0.15) is 54.3 Å². The molecule has 0 saturated carbocycles. The molecule has 2 heterocycles. The van der Waals surface area contributed by atoms with E-state index in [-0.39, 0.29) is 16.9 Å². The molecule has 1 saturated heterocycles. The zero-order valence-corrected chi connectivity index (χ0v) is 18.7. The second-order valence-corrected chi connectivity index (χ2v) is 8.67. The van der Waals surface area contributed by atoms with Gasteiger partial charge in [-0.2, -0.15) is 8.78 Å². The molecule has 2 aromatic carbocycles. The van der Waals surface area contributed by atoms with Gasteiger partial charge in [0, 0.05) is 24.3 Å². The number of hydrogen-bond acceptors (Lipinski definition) is 5. The molecule has 2 N–H and O–H groups in total. The molecule has 0 aliphatic carbocycles. The number of anilines is 2. The Bertz CT molecular complexity index is 1270. The number of nitrogens with zero attached hydrogens (tertiary/aromatic N) is 3. The molecule has 9 heteroatoms. The normalized spacial score (nSPS) is 17.0. The van der Waals surface area contributed by atoms with E-state index in [1.807, 2.05) is 19.9 Å². The van der Waals surface area contributed by atoms with Crippen LogP contribution in [-0.4, -0.2) is 33.7 Å². The first-order valence-electron chi connectivity index (χ1n) is 10.9. The molecular weight excluding hydrogens is 430 g/mol. The van der Waals surface area contributed by atoms with Crippen LogP contribution in [0.2, 0.25) is 0 Å². The van der Waals surface area contributed by atoms with Crippen LogP contribution in [0.25, 0.3) is 10.9 Å². The van der Waals surface area contributed by atoms with Gasteiger partial charge >= 0.3 is 12.5 Å². The number of hydrogen-bond donors (Lipinski definition) is 2. The second-order valence-electron chi connectivity index (χ2n) is 8.67. The minimum absolute atomic E-state index is 0.0323. The Balaban J connectivity index is 1.88. The maximum Gasteiger partial charge on any atom is 0.337 e. The molecule has 2 unspecified atom stereocenters. The van der Waals surface area contributed by atoms with Gasteiger partial charge in [-0.15, -0.1) is 0 Å². The number of aromatic carboxylic acids is 1. The number of carboxylic acids is 1. The minimum Gasteiger partial charge on any atom is -0.478 e. The minimum atomic E-state index is -3.01. The molecule has 3 aromatic rings. The van der Waals surface area contributed by atoms with Gasteiger partial charge in [0.15, 0.2) is 0 Å². The van der Waals surface area contributed by atoms with E-state index >= 15 is 0 Å².